The minimum Gasteiger partial charge on any atom is -0.480 e. The molecule has 2 aromatic carbocycles. The Hall–Kier alpha value is -4.14. The van der Waals surface area contributed by atoms with Gasteiger partial charge in [0.15, 0.2) is 0 Å². The van der Waals surface area contributed by atoms with Crippen LogP contribution in [-0.4, -0.2) is 57.5 Å². The van der Waals surface area contributed by atoms with Gasteiger partial charge >= 0.3 is 12.1 Å². The molecule has 35 heavy (non-hydrogen) atoms. The Morgan fingerprint density at radius 3 is 2.31 bits per heavy atom. The number of amides is 2. The molecule has 0 atom stereocenters. The standard InChI is InChI=1S/C26H26N4O5/c1-29-24(21(12-27-29)25(33)30(14-23(31)32)13-16-10-11-16)28-26(34)35-15-22-19-8-4-2-6-17(19)18-7-3-5-9-20(18)22/h2-9,12,16,22H,10-11,13-15H2,1H3,(H,28,34)(H,31,32). The van der Waals surface area contributed by atoms with Crippen LogP contribution in [0, 0.1) is 5.92 Å². The van der Waals surface area contributed by atoms with Crippen LogP contribution in [0.1, 0.15) is 40.2 Å². The van der Waals surface area contributed by atoms with E-state index in [1.165, 1.54) is 15.8 Å². The molecule has 0 saturated heterocycles. The smallest absolute Gasteiger partial charge is 0.412 e. The highest BCUT2D eigenvalue weighted by molar-refractivity contribution is 6.02. The molecular formula is C26H26N4O5. The second-order valence-corrected chi connectivity index (χ2v) is 9.00. The van der Waals surface area contributed by atoms with E-state index in [9.17, 15) is 19.5 Å². The molecule has 2 aliphatic rings. The number of hydrogen-bond acceptors (Lipinski definition) is 5. The van der Waals surface area contributed by atoms with Crippen molar-refractivity contribution in [2.75, 3.05) is 25.0 Å². The average Bonchev–Trinajstić information content (AvgIpc) is 3.52. The number of carbonyl (C=O) groups is 3. The van der Waals surface area contributed by atoms with E-state index in [2.05, 4.69) is 22.5 Å². The van der Waals surface area contributed by atoms with Crippen LogP contribution in [0.4, 0.5) is 10.6 Å². The van der Waals surface area contributed by atoms with E-state index in [0.29, 0.717) is 12.5 Å². The molecule has 2 amide bonds. The summed E-state index contributed by atoms with van der Waals surface area (Å²) in [6.07, 6.45) is 2.57. The Bertz CT molecular complexity index is 1250. The third-order valence-electron chi connectivity index (χ3n) is 6.52. The Morgan fingerprint density at radius 1 is 1.09 bits per heavy atom. The molecular weight excluding hydrogens is 448 g/mol. The summed E-state index contributed by atoms with van der Waals surface area (Å²) in [5.41, 5.74) is 4.59. The first-order valence-electron chi connectivity index (χ1n) is 11.6. The van der Waals surface area contributed by atoms with Gasteiger partial charge in [0.25, 0.3) is 5.91 Å². The second kappa shape index (κ2) is 9.25. The zero-order valence-electron chi connectivity index (χ0n) is 19.3. The Labute approximate surface area is 202 Å². The molecule has 0 unspecified atom stereocenters. The fraction of sp³-hybridized carbons (Fsp3) is 0.308. The van der Waals surface area contributed by atoms with Gasteiger partial charge in [-0.15, -0.1) is 0 Å². The molecule has 0 bridgehead atoms. The lowest BCUT2D eigenvalue weighted by atomic mass is 9.98. The molecule has 1 fully saturated rings. The SMILES string of the molecule is Cn1ncc(C(=O)N(CC(=O)O)CC2CC2)c1NC(=O)OCC1c2ccccc2-c2ccccc21. The second-order valence-electron chi connectivity index (χ2n) is 9.00. The van der Waals surface area contributed by atoms with Crippen molar-refractivity contribution in [2.45, 2.75) is 18.8 Å². The van der Waals surface area contributed by atoms with Crippen molar-refractivity contribution in [3.63, 3.8) is 0 Å². The van der Waals surface area contributed by atoms with E-state index in [-0.39, 0.29) is 23.9 Å². The quantitative estimate of drug-likeness (QED) is 0.514. The zero-order valence-corrected chi connectivity index (χ0v) is 19.3. The van der Waals surface area contributed by atoms with Gasteiger partial charge in [0.1, 0.15) is 24.5 Å². The van der Waals surface area contributed by atoms with Gasteiger partial charge in [-0.1, -0.05) is 48.5 Å². The molecule has 180 valence electrons. The third kappa shape index (κ3) is 4.62. The normalized spacial score (nSPS) is 14.2. The third-order valence-corrected chi connectivity index (χ3v) is 6.52. The molecule has 2 aliphatic carbocycles. The number of carboxylic acid groups (broad SMARTS) is 1. The first-order chi connectivity index (χ1) is 16.9. The molecule has 9 nitrogen and oxygen atoms in total. The molecule has 0 aliphatic heterocycles. The van der Waals surface area contributed by atoms with Gasteiger partial charge in [-0.3, -0.25) is 19.6 Å². The van der Waals surface area contributed by atoms with Crippen molar-refractivity contribution >= 4 is 23.8 Å². The van der Waals surface area contributed by atoms with Crippen LogP contribution < -0.4 is 5.32 Å². The van der Waals surface area contributed by atoms with Gasteiger partial charge in [0, 0.05) is 19.5 Å². The number of benzene rings is 2. The number of nitrogens with one attached hydrogen (secondary N) is 1. The minimum atomic E-state index is -1.09. The summed E-state index contributed by atoms with van der Waals surface area (Å²) in [5.74, 6) is -1.19. The van der Waals surface area contributed by atoms with Crippen molar-refractivity contribution in [2.24, 2.45) is 13.0 Å². The topological polar surface area (TPSA) is 114 Å². The van der Waals surface area contributed by atoms with E-state index in [1.54, 1.807) is 7.05 Å². The number of hydrogen-bond donors (Lipinski definition) is 2. The fourth-order valence-electron chi connectivity index (χ4n) is 4.64. The Balaban J connectivity index is 1.29. The van der Waals surface area contributed by atoms with Crippen LogP contribution in [0.25, 0.3) is 11.1 Å². The van der Waals surface area contributed by atoms with Gasteiger partial charge < -0.3 is 14.7 Å². The van der Waals surface area contributed by atoms with Crippen molar-refractivity contribution in [1.29, 1.82) is 0 Å². The van der Waals surface area contributed by atoms with Gasteiger partial charge in [-0.2, -0.15) is 5.10 Å². The summed E-state index contributed by atoms with van der Waals surface area (Å²) in [7, 11) is 1.60. The highest BCUT2D eigenvalue weighted by Gasteiger charge is 2.32. The lowest BCUT2D eigenvalue weighted by Crippen LogP contribution is -2.37. The van der Waals surface area contributed by atoms with Crippen LogP contribution in [0.15, 0.2) is 54.7 Å². The van der Waals surface area contributed by atoms with E-state index < -0.39 is 24.5 Å². The number of rotatable bonds is 8. The number of carbonyl (C=O) groups excluding carboxylic acids is 2. The number of aromatic nitrogens is 2. The fourth-order valence-corrected chi connectivity index (χ4v) is 4.64. The number of ether oxygens (including phenoxy) is 1. The largest absolute Gasteiger partial charge is 0.480 e. The lowest BCUT2D eigenvalue weighted by molar-refractivity contribution is -0.137. The molecule has 9 heteroatoms. The van der Waals surface area contributed by atoms with Crippen LogP contribution in [0.3, 0.4) is 0 Å². The number of anilines is 1. The number of aryl methyl sites for hydroxylation is 1. The highest BCUT2D eigenvalue weighted by atomic mass is 16.5. The zero-order chi connectivity index (χ0) is 24.5. The summed E-state index contributed by atoms with van der Waals surface area (Å²) in [4.78, 5) is 38.5. The van der Waals surface area contributed by atoms with Gasteiger partial charge in [-0.05, 0) is 41.0 Å². The number of nitrogens with zero attached hydrogens (tertiary/aromatic N) is 3. The van der Waals surface area contributed by atoms with E-state index in [4.69, 9.17) is 4.74 Å². The number of carboxylic acids is 1. The maximum Gasteiger partial charge on any atom is 0.412 e. The van der Waals surface area contributed by atoms with Crippen molar-refractivity contribution < 1.29 is 24.2 Å². The highest BCUT2D eigenvalue weighted by Crippen LogP contribution is 2.44. The Kier molecular flexibility index (Phi) is 5.98. The first kappa shape index (κ1) is 22.6. The van der Waals surface area contributed by atoms with Crippen molar-refractivity contribution in [1.82, 2.24) is 14.7 Å². The molecule has 0 radical (unpaired) electrons. The molecule has 1 aromatic heterocycles. The molecule has 1 heterocycles. The maximum atomic E-state index is 13.1. The number of aliphatic carboxylic acids is 1. The van der Waals surface area contributed by atoms with E-state index in [0.717, 1.165) is 35.1 Å². The van der Waals surface area contributed by atoms with E-state index >= 15 is 0 Å². The van der Waals surface area contributed by atoms with Crippen molar-refractivity contribution in [3.05, 3.63) is 71.4 Å². The molecule has 1 saturated carbocycles. The minimum absolute atomic E-state index is 0.0922. The molecule has 2 N–H and O–H groups in total. The van der Waals surface area contributed by atoms with Crippen LogP contribution in [0.2, 0.25) is 0 Å². The molecule has 0 spiro atoms. The van der Waals surface area contributed by atoms with Crippen LogP contribution in [0.5, 0.6) is 0 Å². The molecule has 5 rings (SSSR count). The van der Waals surface area contributed by atoms with Crippen LogP contribution >= 0.6 is 0 Å². The lowest BCUT2D eigenvalue weighted by Gasteiger charge is -2.21. The molecule has 3 aromatic rings. The Morgan fingerprint density at radius 2 is 1.71 bits per heavy atom. The number of fused-ring (bicyclic) bond motifs is 3. The maximum absolute atomic E-state index is 13.1. The predicted molar refractivity (Wildman–Crippen MR) is 128 cm³/mol. The average molecular weight is 475 g/mol. The van der Waals surface area contributed by atoms with Gasteiger partial charge in [0.05, 0.1) is 6.20 Å². The van der Waals surface area contributed by atoms with Crippen molar-refractivity contribution in [3.8, 4) is 11.1 Å². The van der Waals surface area contributed by atoms with Gasteiger partial charge in [0.2, 0.25) is 0 Å². The first-order valence-corrected chi connectivity index (χ1v) is 11.6. The summed E-state index contributed by atoms with van der Waals surface area (Å²) < 4.78 is 6.96. The summed E-state index contributed by atoms with van der Waals surface area (Å²) >= 11 is 0. The monoisotopic (exact) mass is 474 g/mol. The van der Waals surface area contributed by atoms with E-state index in [1.807, 2.05) is 36.4 Å². The summed E-state index contributed by atoms with van der Waals surface area (Å²) in [6.45, 7) is 0.0901. The summed E-state index contributed by atoms with van der Waals surface area (Å²) in [6, 6.07) is 16.1. The van der Waals surface area contributed by atoms with Crippen LogP contribution in [-0.2, 0) is 16.6 Å². The predicted octanol–water partition coefficient (Wildman–Crippen LogP) is 3.72. The summed E-state index contributed by atoms with van der Waals surface area (Å²) in [5, 5.41) is 16.0. The van der Waals surface area contributed by atoms with Gasteiger partial charge in [-0.25, -0.2) is 4.79 Å².